The van der Waals surface area contributed by atoms with Crippen LogP contribution in [-0.4, -0.2) is 0 Å². The summed E-state index contributed by atoms with van der Waals surface area (Å²) in [7, 11) is 0. The predicted molar refractivity (Wildman–Crippen MR) is 232 cm³/mol. The fraction of sp³-hybridized carbons (Fsp3) is 0. The van der Waals surface area contributed by atoms with E-state index in [0.29, 0.717) is 0 Å². The van der Waals surface area contributed by atoms with Crippen LogP contribution in [0.25, 0.3) is 99.1 Å². The minimum absolute atomic E-state index is 1.21. The third-order valence-corrected chi connectivity index (χ3v) is 10.9. The first-order valence-electron chi connectivity index (χ1n) is 18.7. The Morgan fingerprint density at radius 3 is 0.778 bits per heavy atom. The van der Waals surface area contributed by atoms with E-state index in [1.165, 1.54) is 99.1 Å². The zero-order chi connectivity index (χ0) is 35.8. The molecule has 0 aliphatic carbocycles. The van der Waals surface area contributed by atoms with Crippen LogP contribution in [0.3, 0.4) is 0 Å². The van der Waals surface area contributed by atoms with Gasteiger partial charge in [-0.2, -0.15) is 0 Å². The first-order valence-corrected chi connectivity index (χ1v) is 18.7. The summed E-state index contributed by atoms with van der Waals surface area (Å²) in [4.78, 5) is 0. The highest BCUT2D eigenvalue weighted by atomic mass is 14.1. The molecule has 10 aromatic rings. The average molecular weight is 685 g/mol. The van der Waals surface area contributed by atoms with Crippen molar-refractivity contribution in [2.75, 3.05) is 0 Å². The molecular weight excluding hydrogens is 649 g/mol. The Hall–Kier alpha value is -7.02. The summed E-state index contributed by atoms with van der Waals surface area (Å²) in [6, 6.07) is 79.6. The molecule has 0 N–H and O–H groups in total. The summed E-state index contributed by atoms with van der Waals surface area (Å²) in [5.41, 5.74) is 14.6. The van der Waals surface area contributed by atoms with Crippen molar-refractivity contribution in [3.8, 4) is 66.8 Å². The first-order chi connectivity index (χ1) is 26.7. The van der Waals surface area contributed by atoms with Gasteiger partial charge in [-0.3, -0.25) is 0 Å². The zero-order valence-electron chi connectivity index (χ0n) is 29.8. The molecule has 0 unspecified atom stereocenters. The molecule has 252 valence electrons. The summed E-state index contributed by atoms with van der Waals surface area (Å²) in [6.45, 7) is 0. The van der Waals surface area contributed by atoms with E-state index in [-0.39, 0.29) is 0 Å². The maximum absolute atomic E-state index is 2.36. The molecule has 0 nitrogen and oxygen atoms in total. The van der Waals surface area contributed by atoms with Crippen LogP contribution in [0.5, 0.6) is 0 Å². The van der Waals surface area contributed by atoms with Gasteiger partial charge in [-0.05, 0) is 117 Å². The van der Waals surface area contributed by atoms with Gasteiger partial charge in [0.2, 0.25) is 0 Å². The Kier molecular flexibility index (Phi) is 7.93. The number of rotatable bonds is 6. The van der Waals surface area contributed by atoms with Crippen LogP contribution in [0.2, 0.25) is 0 Å². The van der Waals surface area contributed by atoms with Gasteiger partial charge < -0.3 is 0 Å². The van der Waals surface area contributed by atoms with Crippen molar-refractivity contribution in [2.45, 2.75) is 0 Å². The molecule has 0 atom stereocenters. The van der Waals surface area contributed by atoms with E-state index < -0.39 is 0 Å². The molecule has 0 amide bonds. The van der Waals surface area contributed by atoms with Crippen molar-refractivity contribution in [2.24, 2.45) is 0 Å². The van der Waals surface area contributed by atoms with Gasteiger partial charge in [-0.1, -0.05) is 200 Å². The highest BCUT2D eigenvalue weighted by Crippen LogP contribution is 2.38. The maximum Gasteiger partial charge on any atom is -0.00928 e. The van der Waals surface area contributed by atoms with Crippen molar-refractivity contribution in [1.82, 2.24) is 0 Å². The number of fused-ring (bicyclic) bond motifs is 6. The van der Waals surface area contributed by atoms with E-state index >= 15 is 0 Å². The lowest BCUT2D eigenvalue weighted by Gasteiger charge is -2.12. The van der Waals surface area contributed by atoms with Gasteiger partial charge in [0.25, 0.3) is 0 Å². The highest BCUT2D eigenvalue weighted by molar-refractivity contribution is 6.25. The second-order valence-corrected chi connectivity index (χ2v) is 14.1. The van der Waals surface area contributed by atoms with Gasteiger partial charge in [0, 0.05) is 0 Å². The van der Waals surface area contributed by atoms with Crippen molar-refractivity contribution >= 4 is 32.3 Å². The molecule has 0 bridgehead atoms. The Bertz CT molecular complexity index is 2900. The van der Waals surface area contributed by atoms with E-state index in [0.717, 1.165) is 0 Å². The standard InChI is InChI=1S/C54H36/c1-2-10-37(11-3-1)38-20-26-41(27-21-38)44-12-8-14-46(34-44)47-15-9-13-45(35-47)42-28-22-39(23-29-42)40-24-30-43(31-25-40)48-32-33-53-51-18-5-4-16-49(51)50-17-6-7-19-52(50)54(53)36-48/h1-36H. The van der Waals surface area contributed by atoms with Gasteiger partial charge in [0.05, 0.1) is 0 Å². The van der Waals surface area contributed by atoms with E-state index in [4.69, 9.17) is 0 Å². The van der Waals surface area contributed by atoms with Gasteiger partial charge in [-0.25, -0.2) is 0 Å². The van der Waals surface area contributed by atoms with Crippen LogP contribution in [-0.2, 0) is 0 Å². The fourth-order valence-electron chi connectivity index (χ4n) is 8.04. The topological polar surface area (TPSA) is 0 Å². The Balaban J connectivity index is 0.893. The van der Waals surface area contributed by atoms with Gasteiger partial charge in [-0.15, -0.1) is 0 Å². The Morgan fingerprint density at radius 1 is 0.130 bits per heavy atom. The third kappa shape index (κ3) is 5.85. The SMILES string of the molecule is c1ccc(-c2ccc(-c3cccc(-c4cccc(-c5ccc(-c6ccc(-c7ccc8c9ccccc9c9ccccc9c8c7)cc6)cc5)c4)c3)cc2)cc1. The molecule has 0 spiro atoms. The van der Waals surface area contributed by atoms with Crippen molar-refractivity contribution in [1.29, 1.82) is 0 Å². The summed E-state index contributed by atoms with van der Waals surface area (Å²) >= 11 is 0. The average Bonchev–Trinajstić information content (AvgIpc) is 3.27. The second-order valence-electron chi connectivity index (χ2n) is 14.1. The van der Waals surface area contributed by atoms with E-state index in [1.54, 1.807) is 0 Å². The van der Waals surface area contributed by atoms with Gasteiger partial charge in [0.15, 0.2) is 0 Å². The number of benzene rings is 10. The normalized spacial score (nSPS) is 11.3. The molecule has 0 aromatic heterocycles. The molecule has 54 heavy (non-hydrogen) atoms. The summed E-state index contributed by atoms with van der Waals surface area (Å²) < 4.78 is 0. The maximum atomic E-state index is 2.36. The van der Waals surface area contributed by atoms with Gasteiger partial charge in [0.1, 0.15) is 0 Å². The minimum Gasteiger partial charge on any atom is -0.0622 e. The fourth-order valence-corrected chi connectivity index (χ4v) is 8.04. The Morgan fingerprint density at radius 2 is 0.370 bits per heavy atom. The molecule has 10 rings (SSSR count). The molecule has 10 aromatic carbocycles. The smallest absolute Gasteiger partial charge is 0.00928 e. The van der Waals surface area contributed by atoms with Crippen molar-refractivity contribution < 1.29 is 0 Å². The minimum atomic E-state index is 1.21. The molecular formula is C54H36. The van der Waals surface area contributed by atoms with Crippen LogP contribution >= 0.6 is 0 Å². The zero-order valence-corrected chi connectivity index (χ0v) is 29.8. The van der Waals surface area contributed by atoms with E-state index in [9.17, 15) is 0 Å². The predicted octanol–water partition coefficient (Wildman–Crippen LogP) is 15.1. The summed E-state index contributed by atoms with van der Waals surface area (Å²) in [5.74, 6) is 0. The lowest BCUT2D eigenvalue weighted by Crippen LogP contribution is -1.86. The molecule has 0 saturated carbocycles. The molecule has 0 aliphatic rings. The lowest BCUT2D eigenvalue weighted by atomic mass is 9.91. The molecule has 0 heteroatoms. The molecule has 0 saturated heterocycles. The van der Waals surface area contributed by atoms with Crippen LogP contribution < -0.4 is 0 Å². The van der Waals surface area contributed by atoms with Crippen LogP contribution in [0.15, 0.2) is 218 Å². The first kappa shape index (κ1) is 31.7. The van der Waals surface area contributed by atoms with Crippen molar-refractivity contribution in [3.05, 3.63) is 218 Å². The summed E-state index contributed by atoms with van der Waals surface area (Å²) in [5, 5.41) is 7.81. The van der Waals surface area contributed by atoms with Crippen LogP contribution in [0.4, 0.5) is 0 Å². The number of hydrogen-bond acceptors (Lipinski definition) is 0. The molecule has 0 heterocycles. The number of hydrogen-bond donors (Lipinski definition) is 0. The van der Waals surface area contributed by atoms with Crippen LogP contribution in [0, 0.1) is 0 Å². The second kappa shape index (κ2) is 13.5. The van der Waals surface area contributed by atoms with E-state index in [2.05, 4.69) is 218 Å². The van der Waals surface area contributed by atoms with Crippen molar-refractivity contribution in [3.63, 3.8) is 0 Å². The largest absolute Gasteiger partial charge is 0.0622 e. The van der Waals surface area contributed by atoms with Gasteiger partial charge >= 0.3 is 0 Å². The monoisotopic (exact) mass is 684 g/mol. The molecule has 0 radical (unpaired) electrons. The molecule has 0 aliphatic heterocycles. The Labute approximate surface area is 316 Å². The third-order valence-electron chi connectivity index (χ3n) is 10.9. The van der Waals surface area contributed by atoms with E-state index in [1.807, 2.05) is 0 Å². The lowest BCUT2D eigenvalue weighted by molar-refractivity contribution is 1.56. The summed E-state index contributed by atoms with van der Waals surface area (Å²) in [6.07, 6.45) is 0. The highest BCUT2D eigenvalue weighted by Gasteiger charge is 2.11. The van der Waals surface area contributed by atoms with Crippen LogP contribution in [0.1, 0.15) is 0 Å². The quantitative estimate of drug-likeness (QED) is 0.153. The molecule has 0 fully saturated rings.